The average molecular weight is 206 g/mol. The van der Waals surface area contributed by atoms with Crippen molar-refractivity contribution in [2.45, 2.75) is 38.0 Å². The summed E-state index contributed by atoms with van der Waals surface area (Å²) in [5, 5.41) is 0. The number of hydrogen-bond donors (Lipinski definition) is 3. The van der Waals surface area contributed by atoms with E-state index in [4.69, 9.17) is 17.2 Å². The van der Waals surface area contributed by atoms with E-state index in [1.807, 2.05) is 0 Å². The van der Waals surface area contributed by atoms with Crippen LogP contribution in [-0.2, 0) is 0 Å². The Morgan fingerprint density at radius 1 is 1.00 bits per heavy atom. The van der Waals surface area contributed by atoms with E-state index in [-0.39, 0.29) is 0 Å². The van der Waals surface area contributed by atoms with Gasteiger partial charge < -0.3 is 17.2 Å². The molecule has 1 aromatic heterocycles. The highest BCUT2D eigenvalue weighted by Crippen LogP contribution is 2.37. The molecule has 82 valence electrons. The van der Waals surface area contributed by atoms with Crippen molar-refractivity contribution in [3.05, 3.63) is 11.9 Å². The van der Waals surface area contributed by atoms with Gasteiger partial charge in [0.1, 0.15) is 0 Å². The van der Waals surface area contributed by atoms with Gasteiger partial charge in [-0.25, -0.2) is 0 Å². The summed E-state index contributed by atoms with van der Waals surface area (Å²) in [6.45, 7) is 0. The zero-order valence-electron chi connectivity index (χ0n) is 8.87. The second kappa shape index (κ2) is 3.96. The summed E-state index contributed by atoms with van der Waals surface area (Å²) in [7, 11) is 0. The van der Waals surface area contributed by atoms with Crippen LogP contribution in [0.4, 0.5) is 17.1 Å². The number of nitrogens with two attached hydrogens (primary N) is 3. The Morgan fingerprint density at radius 2 is 1.67 bits per heavy atom. The molecule has 4 nitrogen and oxygen atoms in total. The standard InChI is InChI=1S/C11H18N4/c12-8-6-15-11(10(14)9(8)13)7-4-2-1-3-5-7/h6-7H,1-5,12,14H2,(H2,13,15). The molecule has 1 heterocycles. The van der Waals surface area contributed by atoms with E-state index in [1.165, 1.54) is 32.1 Å². The second-order valence-corrected chi connectivity index (χ2v) is 4.26. The van der Waals surface area contributed by atoms with E-state index in [0.717, 1.165) is 5.69 Å². The lowest BCUT2D eigenvalue weighted by Crippen LogP contribution is -2.12. The molecule has 0 aromatic carbocycles. The van der Waals surface area contributed by atoms with Gasteiger partial charge >= 0.3 is 0 Å². The van der Waals surface area contributed by atoms with Gasteiger partial charge in [-0.3, -0.25) is 4.98 Å². The van der Waals surface area contributed by atoms with Gasteiger partial charge in [0.2, 0.25) is 0 Å². The highest BCUT2D eigenvalue weighted by molar-refractivity contribution is 5.78. The predicted molar refractivity (Wildman–Crippen MR) is 63.3 cm³/mol. The Hall–Kier alpha value is -1.45. The van der Waals surface area contributed by atoms with Gasteiger partial charge in [-0.15, -0.1) is 0 Å². The van der Waals surface area contributed by atoms with Crippen LogP contribution < -0.4 is 17.2 Å². The zero-order valence-corrected chi connectivity index (χ0v) is 8.87. The van der Waals surface area contributed by atoms with Crippen molar-refractivity contribution in [1.82, 2.24) is 4.98 Å². The van der Waals surface area contributed by atoms with Crippen molar-refractivity contribution in [2.75, 3.05) is 17.2 Å². The first-order valence-corrected chi connectivity index (χ1v) is 5.49. The Balaban J connectivity index is 2.31. The van der Waals surface area contributed by atoms with Crippen LogP contribution in [0.15, 0.2) is 6.20 Å². The molecule has 0 spiro atoms. The normalized spacial score (nSPS) is 17.9. The van der Waals surface area contributed by atoms with Crippen LogP contribution in [0.2, 0.25) is 0 Å². The van der Waals surface area contributed by atoms with Gasteiger partial charge in [-0.05, 0) is 12.8 Å². The van der Waals surface area contributed by atoms with Crippen LogP contribution in [0.3, 0.4) is 0 Å². The van der Waals surface area contributed by atoms with Gasteiger partial charge in [0.05, 0.1) is 29.0 Å². The Bertz CT molecular complexity index is 356. The van der Waals surface area contributed by atoms with E-state index in [0.29, 0.717) is 23.0 Å². The van der Waals surface area contributed by atoms with Crippen LogP contribution in [0.5, 0.6) is 0 Å². The van der Waals surface area contributed by atoms with E-state index in [9.17, 15) is 0 Å². The number of pyridine rings is 1. The van der Waals surface area contributed by atoms with Crippen LogP contribution in [0.1, 0.15) is 43.7 Å². The summed E-state index contributed by atoms with van der Waals surface area (Å²) in [6, 6.07) is 0. The molecule has 1 aliphatic rings. The lowest BCUT2D eigenvalue weighted by atomic mass is 9.86. The maximum Gasteiger partial charge on any atom is 0.0816 e. The number of rotatable bonds is 1. The first kappa shape index (κ1) is 10.1. The summed E-state index contributed by atoms with van der Waals surface area (Å²) in [5.41, 5.74) is 19.9. The second-order valence-electron chi connectivity index (χ2n) is 4.26. The SMILES string of the molecule is Nc1cnc(C2CCCCC2)c(N)c1N. The fraction of sp³-hybridized carbons (Fsp3) is 0.545. The molecular weight excluding hydrogens is 188 g/mol. The minimum absolute atomic E-state index is 0.474. The number of nitrogen functional groups attached to an aromatic ring is 3. The van der Waals surface area contributed by atoms with Crippen molar-refractivity contribution in [1.29, 1.82) is 0 Å². The molecule has 1 fully saturated rings. The molecule has 1 aromatic rings. The molecule has 4 heteroatoms. The first-order valence-electron chi connectivity index (χ1n) is 5.49. The first-order chi connectivity index (χ1) is 7.20. The molecule has 1 aliphatic carbocycles. The number of anilines is 3. The summed E-state index contributed by atoms with van der Waals surface area (Å²) < 4.78 is 0. The Morgan fingerprint density at radius 3 is 2.33 bits per heavy atom. The summed E-state index contributed by atoms with van der Waals surface area (Å²) >= 11 is 0. The van der Waals surface area contributed by atoms with Gasteiger partial charge in [0.15, 0.2) is 0 Å². The number of nitrogens with zero attached hydrogens (tertiary/aromatic N) is 1. The van der Waals surface area contributed by atoms with Crippen molar-refractivity contribution in [3.8, 4) is 0 Å². The molecule has 0 bridgehead atoms. The molecule has 0 aliphatic heterocycles. The minimum atomic E-state index is 0.474. The summed E-state index contributed by atoms with van der Waals surface area (Å²) in [4.78, 5) is 4.33. The van der Waals surface area contributed by atoms with Gasteiger partial charge in [-0.2, -0.15) is 0 Å². The van der Waals surface area contributed by atoms with Gasteiger partial charge in [0, 0.05) is 5.92 Å². The predicted octanol–water partition coefficient (Wildman–Crippen LogP) is 1.88. The smallest absolute Gasteiger partial charge is 0.0816 e. The van der Waals surface area contributed by atoms with Crippen molar-refractivity contribution < 1.29 is 0 Å². The van der Waals surface area contributed by atoms with E-state index in [2.05, 4.69) is 4.98 Å². The number of hydrogen-bond acceptors (Lipinski definition) is 4. The fourth-order valence-corrected chi connectivity index (χ4v) is 2.27. The molecule has 0 atom stereocenters. The van der Waals surface area contributed by atoms with E-state index >= 15 is 0 Å². The molecule has 1 saturated carbocycles. The highest BCUT2D eigenvalue weighted by Gasteiger charge is 2.20. The van der Waals surface area contributed by atoms with Crippen LogP contribution >= 0.6 is 0 Å². The van der Waals surface area contributed by atoms with Crippen molar-refractivity contribution >= 4 is 17.1 Å². The van der Waals surface area contributed by atoms with Gasteiger partial charge in [-0.1, -0.05) is 19.3 Å². The maximum atomic E-state index is 5.95. The molecular formula is C11H18N4. The number of aromatic nitrogens is 1. The Kier molecular flexibility index (Phi) is 2.66. The molecule has 6 N–H and O–H groups in total. The quantitative estimate of drug-likeness (QED) is 0.654. The van der Waals surface area contributed by atoms with E-state index in [1.54, 1.807) is 6.20 Å². The van der Waals surface area contributed by atoms with E-state index < -0.39 is 0 Å². The molecule has 0 unspecified atom stereocenters. The topological polar surface area (TPSA) is 90.9 Å². The average Bonchev–Trinajstić information content (AvgIpc) is 2.27. The molecule has 15 heavy (non-hydrogen) atoms. The molecule has 0 amide bonds. The molecule has 0 radical (unpaired) electrons. The summed E-state index contributed by atoms with van der Waals surface area (Å²) in [6.07, 6.45) is 7.80. The lowest BCUT2D eigenvalue weighted by Gasteiger charge is -2.23. The fourth-order valence-electron chi connectivity index (χ4n) is 2.27. The zero-order chi connectivity index (χ0) is 10.8. The van der Waals surface area contributed by atoms with Crippen LogP contribution in [0, 0.1) is 0 Å². The van der Waals surface area contributed by atoms with Crippen LogP contribution in [-0.4, -0.2) is 4.98 Å². The molecule has 0 saturated heterocycles. The maximum absolute atomic E-state index is 5.95. The van der Waals surface area contributed by atoms with Crippen molar-refractivity contribution in [3.63, 3.8) is 0 Å². The lowest BCUT2D eigenvalue weighted by molar-refractivity contribution is 0.438. The molecule has 2 rings (SSSR count). The van der Waals surface area contributed by atoms with Crippen molar-refractivity contribution in [2.24, 2.45) is 0 Å². The third-order valence-electron chi connectivity index (χ3n) is 3.21. The highest BCUT2D eigenvalue weighted by atomic mass is 14.8. The minimum Gasteiger partial charge on any atom is -0.396 e. The van der Waals surface area contributed by atoms with Crippen LogP contribution in [0.25, 0.3) is 0 Å². The Labute approximate surface area is 89.9 Å². The monoisotopic (exact) mass is 206 g/mol. The van der Waals surface area contributed by atoms with Gasteiger partial charge in [0.25, 0.3) is 0 Å². The third kappa shape index (κ3) is 1.84. The summed E-state index contributed by atoms with van der Waals surface area (Å²) in [5.74, 6) is 0.474. The largest absolute Gasteiger partial charge is 0.396 e. The third-order valence-corrected chi connectivity index (χ3v) is 3.21.